The Hall–Kier alpha value is -2.96. The van der Waals surface area contributed by atoms with Crippen molar-refractivity contribution < 1.29 is 9.18 Å². The summed E-state index contributed by atoms with van der Waals surface area (Å²) in [6.45, 7) is 5.64. The summed E-state index contributed by atoms with van der Waals surface area (Å²) in [5.41, 5.74) is 1.73. The standard InChI is InChI=1S/C18H20FN5O/c1-11(2)16(17-23-22-15-6-4-5-9-24(15)17)21-18(25)20-13-7-8-14(19)12(3)10-13/h4-11,16H,1-3H3,(H2,20,21,25). The maximum Gasteiger partial charge on any atom is 0.319 e. The van der Waals surface area contributed by atoms with Crippen LogP contribution >= 0.6 is 0 Å². The third kappa shape index (κ3) is 3.60. The highest BCUT2D eigenvalue weighted by Crippen LogP contribution is 2.21. The van der Waals surface area contributed by atoms with Gasteiger partial charge in [-0.15, -0.1) is 10.2 Å². The van der Waals surface area contributed by atoms with Gasteiger partial charge in [0.2, 0.25) is 0 Å². The van der Waals surface area contributed by atoms with E-state index >= 15 is 0 Å². The molecule has 25 heavy (non-hydrogen) atoms. The number of urea groups is 1. The maximum absolute atomic E-state index is 13.3. The largest absolute Gasteiger partial charge is 0.328 e. The van der Waals surface area contributed by atoms with Crippen LogP contribution in [0.15, 0.2) is 42.6 Å². The number of nitrogens with one attached hydrogen (secondary N) is 2. The van der Waals surface area contributed by atoms with Crippen LogP contribution in [0, 0.1) is 18.7 Å². The molecule has 2 heterocycles. The molecule has 0 saturated carbocycles. The Morgan fingerprint density at radius 3 is 2.72 bits per heavy atom. The number of carbonyl (C=O) groups excluding carboxylic acids is 1. The average Bonchev–Trinajstić information content (AvgIpc) is 2.99. The normalized spacial score (nSPS) is 12.4. The van der Waals surface area contributed by atoms with Crippen LogP contribution in [-0.2, 0) is 0 Å². The number of hydrogen-bond acceptors (Lipinski definition) is 3. The molecule has 0 aliphatic carbocycles. The fourth-order valence-corrected chi connectivity index (χ4v) is 2.63. The van der Waals surface area contributed by atoms with Crippen LogP contribution < -0.4 is 10.6 Å². The summed E-state index contributed by atoms with van der Waals surface area (Å²) < 4.78 is 15.2. The van der Waals surface area contributed by atoms with Crippen LogP contribution in [0.5, 0.6) is 0 Å². The van der Waals surface area contributed by atoms with Gasteiger partial charge in [0.1, 0.15) is 5.82 Å². The fraction of sp³-hybridized carbons (Fsp3) is 0.278. The number of aryl methyl sites for hydroxylation is 1. The fourth-order valence-electron chi connectivity index (χ4n) is 2.63. The SMILES string of the molecule is Cc1cc(NC(=O)NC(c2nnc3ccccn23)C(C)C)ccc1F. The summed E-state index contributed by atoms with van der Waals surface area (Å²) in [5, 5.41) is 14.0. The lowest BCUT2D eigenvalue weighted by Crippen LogP contribution is -2.36. The number of aromatic nitrogens is 3. The molecule has 1 aromatic carbocycles. The summed E-state index contributed by atoms with van der Waals surface area (Å²) in [6.07, 6.45) is 1.86. The lowest BCUT2D eigenvalue weighted by atomic mass is 10.0. The number of amides is 2. The van der Waals surface area contributed by atoms with Crippen molar-refractivity contribution in [2.45, 2.75) is 26.8 Å². The number of nitrogens with zero attached hydrogens (tertiary/aromatic N) is 3. The Kier molecular flexibility index (Phi) is 4.65. The number of fused-ring (bicyclic) bond motifs is 1. The summed E-state index contributed by atoms with van der Waals surface area (Å²) >= 11 is 0. The molecule has 3 rings (SSSR count). The topological polar surface area (TPSA) is 71.3 Å². The maximum atomic E-state index is 13.3. The van der Waals surface area contributed by atoms with Crippen LogP contribution in [0.25, 0.3) is 5.65 Å². The molecule has 0 spiro atoms. The highest BCUT2D eigenvalue weighted by molar-refractivity contribution is 5.89. The van der Waals surface area contributed by atoms with Crippen LogP contribution in [0.1, 0.15) is 31.3 Å². The number of anilines is 1. The van der Waals surface area contributed by atoms with E-state index in [-0.39, 0.29) is 23.8 Å². The molecule has 2 N–H and O–H groups in total. The van der Waals surface area contributed by atoms with Crippen molar-refractivity contribution in [3.05, 3.63) is 59.8 Å². The molecule has 0 aliphatic heterocycles. The van der Waals surface area contributed by atoms with Crippen molar-refractivity contribution >= 4 is 17.4 Å². The van der Waals surface area contributed by atoms with Gasteiger partial charge in [-0.25, -0.2) is 9.18 Å². The number of pyridine rings is 1. The van der Waals surface area contributed by atoms with Crippen LogP contribution in [0.2, 0.25) is 0 Å². The van der Waals surface area contributed by atoms with Crippen molar-refractivity contribution in [2.75, 3.05) is 5.32 Å². The minimum atomic E-state index is -0.377. The van der Waals surface area contributed by atoms with Crippen molar-refractivity contribution in [3.63, 3.8) is 0 Å². The number of halogens is 1. The first-order valence-corrected chi connectivity index (χ1v) is 8.09. The molecule has 0 radical (unpaired) electrons. The van der Waals surface area contributed by atoms with Crippen LogP contribution in [0.4, 0.5) is 14.9 Å². The van der Waals surface area contributed by atoms with Crippen molar-refractivity contribution in [1.29, 1.82) is 0 Å². The molecule has 0 aliphatic rings. The number of benzene rings is 1. The third-order valence-electron chi connectivity index (χ3n) is 3.99. The summed E-state index contributed by atoms with van der Waals surface area (Å²) in [6, 6.07) is 9.38. The lowest BCUT2D eigenvalue weighted by Gasteiger charge is -2.21. The second-order valence-electron chi connectivity index (χ2n) is 6.27. The summed E-state index contributed by atoms with van der Waals surface area (Å²) in [5.74, 6) is 0.463. The van der Waals surface area contributed by atoms with Crippen molar-refractivity contribution in [1.82, 2.24) is 19.9 Å². The van der Waals surface area contributed by atoms with E-state index in [1.54, 1.807) is 13.0 Å². The number of hydrogen-bond donors (Lipinski definition) is 2. The first kappa shape index (κ1) is 16.9. The second kappa shape index (κ2) is 6.88. The highest BCUT2D eigenvalue weighted by atomic mass is 19.1. The Balaban J connectivity index is 1.80. The second-order valence-corrected chi connectivity index (χ2v) is 6.27. The predicted octanol–water partition coefficient (Wildman–Crippen LogP) is 3.70. The molecule has 7 heteroatoms. The first-order chi connectivity index (χ1) is 12.0. The highest BCUT2D eigenvalue weighted by Gasteiger charge is 2.23. The van der Waals surface area contributed by atoms with Crippen LogP contribution in [-0.4, -0.2) is 20.6 Å². The van der Waals surface area contributed by atoms with Gasteiger partial charge in [0.15, 0.2) is 11.5 Å². The zero-order valence-electron chi connectivity index (χ0n) is 14.3. The van der Waals surface area contributed by atoms with Gasteiger partial charge in [-0.2, -0.15) is 0 Å². The monoisotopic (exact) mass is 341 g/mol. The van der Waals surface area contributed by atoms with E-state index in [1.807, 2.05) is 42.6 Å². The van der Waals surface area contributed by atoms with Crippen molar-refractivity contribution in [2.24, 2.45) is 5.92 Å². The van der Waals surface area contributed by atoms with Gasteiger partial charge < -0.3 is 10.6 Å². The molecule has 1 unspecified atom stereocenters. The zero-order chi connectivity index (χ0) is 18.0. The zero-order valence-corrected chi connectivity index (χ0v) is 14.3. The molecule has 6 nitrogen and oxygen atoms in total. The average molecular weight is 341 g/mol. The Morgan fingerprint density at radius 2 is 2.00 bits per heavy atom. The molecule has 2 amide bonds. The van der Waals surface area contributed by atoms with E-state index in [9.17, 15) is 9.18 Å². The molecule has 0 fully saturated rings. The Bertz CT molecular complexity index is 905. The lowest BCUT2D eigenvalue weighted by molar-refractivity contribution is 0.243. The Morgan fingerprint density at radius 1 is 1.20 bits per heavy atom. The molecule has 2 aromatic heterocycles. The third-order valence-corrected chi connectivity index (χ3v) is 3.99. The van der Waals surface area contributed by atoms with Gasteiger partial charge in [-0.3, -0.25) is 4.40 Å². The molecule has 130 valence electrons. The first-order valence-electron chi connectivity index (χ1n) is 8.09. The van der Waals surface area contributed by atoms with Crippen LogP contribution in [0.3, 0.4) is 0 Å². The molecule has 0 bridgehead atoms. The molecule has 1 atom stereocenters. The van der Waals surface area contributed by atoms with E-state index in [4.69, 9.17) is 0 Å². The smallest absolute Gasteiger partial charge is 0.319 e. The Labute approximate surface area is 145 Å². The van der Waals surface area contributed by atoms with E-state index in [0.29, 0.717) is 17.1 Å². The van der Waals surface area contributed by atoms with Gasteiger partial charge in [-0.1, -0.05) is 19.9 Å². The summed E-state index contributed by atoms with van der Waals surface area (Å²) in [7, 11) is 0. The number of rotatable bonds is 4. The molecule has 0 saturated heterocycles. The van der Waals surface area contributed by atoms with Crippen molar-refractivity contribution in [3.8, 4) is 0 Å². The minimum absolute atomic E-state index is 0.105. The van der Waals surface area contributed by atoms with E-state index in [1.165, 1.54) is 12.1 Å². The van der Waals surface area contributed by atoms with Gasteiger partial charge in [-0.05, 0) is 48.7 Å². The van der Waals surface area contributed by atoms with E-state index in [0.717, 1.165) is 5.65 Å². The molecule has 3 aromatic rings. The van der Waals surface area contributed by atoms with Gasteiger partial charge in [0.25, 0.3) is 0 Å². The molecular formula is C18H20FN5O. The van der Waals surface area contributed by atoms with Gasteiger partial charge in [0.05, 0.1) is 6.04 Å². The quantitative estimate of drug-likeness (QED) is 0.760. The number of carbonyl (C=O) groups is 1. The van der Waals surface area contributed by atoms with Gasteiger partial charge in [0, 0.05) is 11.9 Å². The van der Waals surface area contributed by atoms with Gasteiger partial charge >= 0.3 is 6.03 Å². The van der Waals surface area contributed by atoms with E-state index < -0.39 is 0 Å². The predicted molar refractivity (Wildman–Crippen MR) is 93.9 cm³/mol. The summed E-state index contributed by atoms with van der Waals surface area (Å²) in [4.78, 5) is 12.4. The molecular weight excluding hydrogens is 321 g/mol. The minimum Gasteiger partial charge on any atom is -0.328 e. The van der Waals surface area contributed by atoms with E-state index in [2.05, 4.69) is 20.8 Å².